The van der Waals surface area contributed by atoms with E-state index in [2.05, 4.69) is 15.3 Å². The zero-order valence-electron chi connectivity index (χ0n) is 15.6. The maximum atomic E-state index is 13.7. The zero-order chi connectivity index (χ0) is 20.2. The van der Waals surface area contributed by atoms with E-state index in [1.165, 1.54) is 17.4 Å². The molecule has 3 fully saturated rings. The normalized spacial score (nSPS) is 22.7. The second kappa shape index (κ2) is 6.96. The average Bonchev–Trinajstić information content (AvgIpc) is 3.34. The lowest BCUT2D eigenvalue weighted by atomic mass is 9.92. The molecular weight excluding hydrogens is 405 g/mol. The highest BCUT2D eigenvalue weighted by atomic mass is 32.1. The number of piperidine rings is 1. The highest BCUT2D eigenvalue weighted by Gasteiger charge is 2.44. The molecule has 1 aromatic carbocycles. The largest absolute Gasteiger partial charge is 0.423 e. The number of hydrogen-bond donors (Lipinski definition) is 1. The van der Waals surface area contributed by atoms with Crippen LogP contribution in [0.3, 0.4) is 0 Å². The van der Waals surface area contributed by atoms with Crippen LogP contribution in [0.5, 0.6) is 0 Å². The standard InChI is InChI=1S/C19H19F3N4O2S/c1-2-27-16(19(20,21)22)12-3-4-13(17-23-5-6-29-17)15-14(12)25-18(28-15)26-8-10-7-11(9-26)24-10/h3-6,10-11,16,24H,2,7-9H2,1H3. The van der Waals surface area contributed by atoms with Crippen molar-refractivity contribution in [1.29, 1.82) is 0 Å². The number of rotatable bonds is 5. The molecule has 154 valence electrons. The van der Waals surface area contributed by atoms with Crippen LogP contribution in [0.4, 0.5) is 19.2 Å². The Bertz CT molecular complexity index is 1000. The molecule has 2 bridgehead atoms. The number of oxazole rings is 1. The van der Waals surface area contributed by atoms with E-state index in [1.807, 2.05) is 10.3 Å². The van der Waals surface area contributed by atoms with E-state index in [9.17, 15) is 13.2 Å². The molecule has 29 heavy (non-hydrogen) atoms. The number of hydrogen-bond acceptors (Lipinski definition) is 7. The minimum Gasteiger partial charge on any atom is -0.423 e. The number of nitrogens with zero attached hydrogens (tertiary/aromatic N) is 3. The molecule has 3 aromatic rings. The number of aromatic nitrogens is 2. The molecule has 3 aliphatic rings. The van der Waals surface area contributed by atoms with Crippen molar-refractivity contribution in [2.45, 2.75) is 37.7 Å². The van der Waals surface area contributed by atoms with Crippen molar-refractivity contribution >= 4 is 28.5 Å². The van der Waals surface area contributed by atoms with Crippen LogP contribution >= 0.6 is 11.3 Å². The molecule has 6 nitrogen and oxygen atoms in total. The number of fused-ring (bicyclic) bond motifs is 3. The van der Waals surface area contributed by atoms with Gasteiger partial charge in [0.25, 0.3) is 6.01 Å². The number of alkyl halides is 3. The summed E-state index contributed by atoms with van der Waals surface area (Å²) in [5.74, 6) is 0. The number of anilines is 1. The maximum absolute atomic E-state index is 13.7. The van der Waals surface area contributed by atoms with Gasteiger partial charge in [-0.2, -0.15) is 18.2 Å². The summed E-state index contributed by atoms with van der Waals surface area (Å²) in [4.78, 5) is 10.8. The van der Waals surface area contributed by atoms with E-state index in [0.717, 1.165) is 19.5 Å². The summed E-state index contributed by atoms with van der Waals surface area (Å²) in [5, 5.41) is 5.91. The number of piperazine rings is 1. The van der Waals surface area contributed by atoms with E-state index in [1.54, 1.807) is 19.2 Å². The lowest BCUT2D eigenvalue weighted by Crippen LogP contribution is -2.67. The molecule has 10 heteroatoms. The van der Waals surface area contributed by atoms with Crippen LogP contribution in [0.1, 0.15) is 25.0 Å². The lowest BCUT2D eigenvalue weighted by Gasteiger charge is -2.47. The van der Waals surface area contributed by atoms with Gasteiger partial charge in [-0.3, -0.25) is 0 Å². The number of halogens is 3. The van der Waals surface area contributed by atoms with E-state index < -0.39 is 12.3 Å². The van der Waals surface area contributed by atoms with Gasteiger partial charge in [-0.25, -0.2) is 4.98 Å². The van der Waals surface area contributed by atoms with Crippen molar-refractivity contribution in [2.75, 3.05) is 24.6 Å². The molecule has 3 aliphatic heterocycles. The Balaban J connectivity index is 1.65. The predicted molar refractivity (Wildman–Crippen MR) is 103 cm³/mol. The second-order valence-corrected chi connectivity index (χ2v) is 8.19. The fraction of sp³-hybridized carbons (Fsp3) is 0.474. The van der Waals surface area contributed by atoms with Crippen LogP contribution in [-0.4, -0.2) is 47.9 Å². The minimum atomic E-state index is -4.55. The molecule has 0 amide bonds. The monoisotopic (exact) mass is 424 g/mol. The molecule has 3 saturated heterocycles. The van der Waals surface area contributed by atoms with Crippen molar-refractivity contribution in [2.24, 2.45) is 0 Å². The summed E-state index contributed by atoms with van der Waals surface area (Å²) in [5.41, 5.74) is 1.09. The van der Waals surface area contributed by atoms with E-state index in [0.29, 0.717) is 34.3 Å². The van der Waals surface area contributed by atoms with Gasteiger partial charge in [0.1, 0.15) is 10.5 Å². The molecule has 1 N–H and O–H groups in total. The molecule has 0 aliphatic carbocycles. The minimum absolute atomic E-state index is 0.0371. The second-order valence-electron chi connectivity index (χ2n) is 7.29. The summed E-state index contributed by atoms with van der Waals surface area (Å²) in [6.07, 6.45) is -3.86. The Morgan fingerprint density at radius 1 is 1.34 bits per heavy atom. The first-order chi connectivity index (χ1) is 13.9. The van der Waals surface area contributed by atoms with Crippen molar-refractivity contribution in [3.05, 3.63) is 29.3 Å². The Hall–Kier alpha value is -2.17. The molecule has 3 unspecified atom stereocenters. The van der Waals surface area contributed by atoms with Gasteiger partial charge in [0.2, 0.25) is 0 Å². The summed E-state index contributed by atoms with van der Waals surface area (Å²) in [7, 11) is 0. The highest BCUT2D eigenvalue weighted by molar-refractivity contribution is 7.13. The third-order valence-electron chi connectivity index (χ3n) is 5.33. The van der Waals surface area contributed by atoms with E-state index in [4.69, 9.17) is 9.15 Å². The summed E-state index contributed by atoms with van der Waals surface area (Å²) < 4.78 is 52.2. The summed E-state index contributed by atoms with van der Waals surface area (Å²) in [6, 6.07) is 4.12. The number of nitrogens with one attached hydrogen (secondary N) is 1. The van der Waals surface area contributed by atoms with Crippen molar-refractivity contribution in [3.8, 4) is 10.6 Å². The highest BCUT2D eigenvalue weighted by Crippen LogP contribution is 2.43. The van der Waals surface area contributed by atoms with Crippen LogP contribution in [-0.2, 0) is 4.74 Å². The van der Waals surface area contributed by atoms with E-state index in [-0.39, 0.29) is 17.7 Å². The van der Waals surface area contributed by atoms with Gasteiger partial charge in [-0.1, -0.05) is 6.07 Å². The summed E-state index contributed by atoms with van der Waals surface area (Å²) in [6.45, 7) is 2.92. The third kappa shape index (κ3) is 3.28. The summed E-state index contributed by atoms with van der Waals surface area (Å²) >= 11 is 1.40. The van der Waals surface area contributed by atoms with Gasteiger partial charge >= 0.3 is 6.18 Å². The quantitative estimate of drug-likeness (QED) is 0.664. The topological polar surface area (TPSA) is 63.4 Å². The first kappa shape index (κ1) is 18.8. The van der Waals surface area contributed by atoms with Crippen LogP contribution in [0, 0.1) is 0 Å². The number of benzene rings is 1. The smallest absolute Gasteiger partial charge is 0.418 e. The molecule has 0 saturated carbocycles. The molecule has 0 spiro atoms. The maximum Gasteiger partial charge on any atom is 0.418 e. The molecule has 3 atom stereocenters. The van der Waals surface area contributed by atoms with Gasteiger partial charge < -0.3 is 19.4 Å². The Morgan fingerprint density at radius 2 is 2.10 bits per heavy atom. The van der Waals surface area contributed by atoms with Crippen LogP contribution in [0.2, 0.25) is 0 Å². The molecule has 6 rings (SSSR count). The van der Waals surface area contributed by atoms with Gasteiger partial charge in [-0.05, 0) is 19.4 Å². The van der Waals surface area contributed by atoms with Gasteiger partial charge in [0.05, 0.1) is 5.56 Å². The first-order valence-corrected chi connectivity index (χ1v) is 10.3. The Morgan fingerprint density at radius 3 is 2.72 bits per heavy atom. The first-order valence-electron chi connectivity index (χ1n) is 9.46. The lowest BCUT2D eigenvalue weighted by molar-refractivity contribution is -0.222. The molecule has 5 heterocycles. The van der Waals surface area contributed by atoms with Crippen LogP contribution in [0.25, 0.3) is 21.7 Å². The molecular formula is C19H19F3N4O2S. The van der Waals surface area contributed by atoms with Gasteiger partial charge in [-0.15, -0.1) is 11.3 Å². The molecule has 2 aromatic heterocycles. The van der Waals surface area contributed by atoms with Crippen LogP contribution in [0.15, 0.2) is 28.1 Å². The van der Waals surface area contributed by atoms with E-state index >= 15 is 0 Å². The SMILES string of the molecule is CCOC(c1ccc(-c2nccs2)c2oc(N3CC4CC(C3)N4)nc12)C(F)(F)F. The van der Waals surface area contributed by atoms with Gasteiger partial charge in [0, 0.05) is 48.9 Å². The van der Waals surface area contributed by atoms with Crippen molar-refractivity contribution in [3.63, 3.8) is 0 Å². The fourth-order valence-corrected chi connectivity index (χ4v) is 4.74. The number of thiazole rings is 1. The van der Waals surface area contributed by atoms with Gasteiger partial charge in [0.15, 0.2) is 11.7 Å². The third-order valence-corrected chi connectivity index (χ3v) is 6.14. The Labute approximate surface area is 168 Å². The zero-order valence-corrected chi connectivity index (χ0v) is 16.4. The number of ether oxygens (including phenoxy) is 1. The average molecular weight is 424 g/mol. The fourth-order valence-electron chi connectivity index (χ4n) is 4.08. The Kier molecular flexibility index (Phi) is 4.52. The predicted octanol–water partition coefficient (Wildman–Crippen LogP) is 4.14. The van der Waals surface area contributed by atoms with Crippen molar-refractivity contribution in [1.82, 2.24) is 15.3 Å². The van der Waals surface area contributed by atoms with Crippen LogP contribution < -0.4 is 10.2 Å². The molecule has 0 radical (unpaired) electrons. The van der Waals surface area contributed by atoms with Crippen molar-refractivity contribution < 1.29 is 22.3 Å².